The number of hydrogen-bond acceptors (Lipinski definition) is 5. The van der Waals surface area contributed by atoms with Gasteiger partial charge in [0.05, 0.1) is 23.9 Å². The summed E-state index contributed by atoms with van der Waals surface area (Å²) in [5, 5.41) is 0. The molecule has 152 valence electrons. The van der Waals surface area contributed by atoms with Gasteiger partial charge < -0.3 is 24.0 Å². The van der Waals surface area contributed by atoms with Crippen molar-refractivity contribution < 1.29 is 23.4 Å². The number of halogens is 1. The van der Waals surface area contributed by atoms with Crippen molar-refractivity contribution in [2.75, 3.05) is 38.3 Å². The minimum Gasteiger partial charge on any atom is -0.484 e. The molecule has 1 aromatic carbocycles. The SMILES string of the molecule is C#Cc1cc(F)cc2c1O[C@H](COC)C[C@H]1CN(C(=O)OC(C)(C)C)CCN21. The molecule has 0 saturated carbocycles. The number of hydrogen-bond donors (Lipinski definition) is 0. The quantitative estimate of drug-likeness (QED) is 0.727. The lowest BCUT2D eigenvalue weighted by Crippen LogP contribution is -2.56. The van der Waals surface area contributed by atoms with Crippen LogP contribution >= 0.6 is 0 Å². The number of carbonyl (C=O) groups excluding carboxylic acids is 1. The maximum absolute atomic E-state index is 14.2. The standard InChI is InChI=1S/C21H27FN2O4/c1-6-14-9-15(22)10-18-19(14)27-17(13-26-5)11-16-12-23(7-8-24(16)18)20(25)28-21(2,3)4/h1,9-10,16-17H,7-8,11-13H2,2-5H3/t16-,17-/m0/s1. The first kappa shape index (κ1) is 20.3. The van der Waals surface area contributed by atoms with Gasteiger partial charge in [-0.25, -0.2) is 9.18 Å². The van der Waals surface area contributed by atoms with E-state index in [1.807, 2.05) is 20.8 Å². The highest BCUT2D eigenvalue weighted by atomic mass is 19.1. The molecule has 0 bridgehead atoms. The Morgan fingerprint density at radius 2 is 2.14 bits per heavy atom. The molecular formula is C21H27FN2O4. The number of amides is 1. The topological polar surface area (TPSA) is 51.2 Å². The maximum atomic E-state index is 14.2. The van der Waals surface area contributed by atoms with Crippen LogP contribution in [-0.2, 0) is 9.47 Å². The fourth-order valence-corrected chi connectivity index (χ4v) is 3.70. The molecule has 0 radical (unpaired) electrons. The van der Waals surface area contributed by atoms with Gasteiger partial charge in [0.1, 0.15) is 17.5 Å². The van der Waals surface area contributed by atoms with Crippen LogP contribution in [-0.4, -0.2) is 62.1 Å². The second-order valence-electron chi connectivity index (χ2n) is 8.15. The van der Waals surface area contributed by atoms with Gasteiger partial charge in [0, 0.05) is 39.2 Å². The maximum Gasteiger partial charge on any atom is 0.410 e. The first-order valence-electron chi connectivity index (χ1n) is 9.42. The van der Waals surface area contributed by atoms with E-state index in [1.165, 1.54) is 12.1 Å². The van der Waals surface area contributed by atoms with Crippen molar-refractivity contribution in [1.82, 2.24) is 4.90 Å². The monoisotopic (exact) mass is 390 g/mol. The number of methoxy groups -OCH3 is 1. The highest BCUT2D eigenvalue weighted by molar-refractivity contribution is 5.70. The van der Waals surface area contributed by atoms with Crippen LogP contribution in [0.3, 0.4) is 0 Å². The summed E-state index contributed by atoms with van der Waals surface area (Å²) < 4.78 is 31.1. The number of terminal acetylenes is 1. The minimum atomic E-state index is -0.559. The highest BCUT2D eigenvalue weighted by Gasteiger charge is 2.38. The number of carbonyl (C=O) groups is 1. The van der Waals surface area contributed by atoms with Crippen molar-refractivity contribution in [2.24, 2.45) is 0 Å². The van der Waals surface area contributed by atoms with Gasteiger partial charge in [-0.2, -0.15) is 0 Å². The number of piperazine rings is 1. The van der Waals surface area contributed by atoms with Crippen LogP contribution in [0, 0.1) is 18.2 Å². The van der Waals surface area contributed by atoms with Crippen molar-refractivity contribution in [3.8, 4) is 18.1 Å². The fraction of sp³-hybridized carbons (Fsp3) is 0.571. The van der Waals surface area contributed by atoms with E-state index in [-0.39, 0.29) is 18.2 Å². The van der Waals surface area contributed by atoms with Crippen LogP contribution in [0.5, 0.6) is 5.75 Å². The second-order valence-corrected chi connectivity index (χ2v) is 8.15. The molecule has 0 unspecified atom stereocenters. The molecule has 1 aromatic rings. The Morgan fingerprint density at radius 3 is 2.79 bits per heavy atom. The van der Waals surface area contributed by atoms with E-state index in [1.54, 1.807) is 12.0 Å². The van der Waals surface area contributed by atoms with E-state index in [0.717, 1.165) is 0 Å². The summed E-state index contributed by atoms with van der Waals surface area (Å²) >= 11 is 0. The third kappa shape index (κ3) is 4.33. The molecular weight excluding hydrogens is 363 g/mol. The molecule has 0 aliphatic carbocycles. The lowest BCUT2D eigenvalue weighted by Gasteiger charge is -2.42. The van der Waals surface area contributed by atoms with Crippen molar-refractivity contribution in [1.29, 1.82) is 0 Å². The predicted octanol–water partition coefficient (Wildman–Crippen LogP) is 3.03. The first-order valence-corrected chi connectivity index (χ1v) is 9.42. The number of fused-ring (bicyclic) bond motifs is 3. The first-order chi connectivity index (χ1) is 13.2. The Labute approximate surface area is 165 Å². The van der Waals surface area contributed by atoms with Gasteiger partial charge in [0.15, 0.2) is 5.75 Å². The van der Waals surface area contributed by atoms with E-state index in [0.29, 0.717) is 49.7 Å². The summed E-state index contributed by atoms with van der Waals surface area (Å²) in [6.45, 7) is 7.37. The molecule has 2 atom stereocenters. The summed E-state index contributed by atoms with van der Waals surface area (Å²) in [6.07, 6.45) is 5.61. The Morgan fingerprint density at radius 1 is 1.39 bits per heavy atom. The molecule has 0 N–H and O–H groups in total. The molecule has 7 heteroatoms. The third-order valence-electron chi connectivity index (χ3n) is 4.81. The number of benzene rings is 1. The molecule has 28 heavy (non-hydrogen) atoms. The van der Waals surface area contributed by atoms with Crippen LogP contribution in [0.4, 0.5) is 14.9 Å². The van der Waals surface area contributed by atoms with E-state index in [2.05, 4.69) is 10.8 Å². The summed E-state index contributed by atoms with van der Waals surface area (Å²) in [6, 6.07) is 2.69. The molecule has 6 nitrogen and oxygen atoms in total. The Hall–Kier alpha value is -2.46. The zero-order valence-electron chi connectivity index (χ0n) is 16.8. The number of ether oxygens (including phenoxy) is 3. The van der Waals surface area contributed by atoms with Gasteiger partial charge in [-0.1, -0.05) is 5.92 Å². The third-order valence-corrected chi connectivity index (χ3v) is 4.81. The summed E-state index contributed by atoms with van der Waals surface area (Å²) in [5.74, 6) is 2.61. The number of rotatable bonds is 2. The van der Waals surface area contributed by atoms with E-state index >= 15 is 0 Å². The van der Waals surface area contributed by atoms with E-state index in [4.69, 9.17) is 20.6 Å². The van der Waals surface area contributed by atoms with Crippen LogP contribution in [0.15, 0.2) is 12.1 Å². The van der Waals surface area contributed by atoms with Gasteiger partial charge in [-0.05, 0) is 26.8 Å². The fourth-order valence-electron chi connectivity index (χ4n) is 3.70. The van der Waals surface area contributed by atoms with Crippen LogP contribution < -0.4 is 9.64 Å². The molecule has 2 heterocycles. The molecule has 2 aliphatic rings. The van der Waals surface area contributed by atoms with Gasteiger partial charge >= 0.3 is 6.09 Å². The number of nitrogens with zero attached hydrogens (tertiary/aromatic N) is 2. The van der Waals surface area contributed by atoms with E-state index in [9.17, 15) is 9.18 Å². The average Bonchev–Trinajstić information content (AvgIpc) is 2.76. The summed E-state index contributed by atoms with van der Waals surface area (Å²) in [5.41, 5.74) is 0.447. The van der Waals surface area contributed by atoms with Crippen LogP contribution in [0.1, 0.15) is 32.8 Å². The molecule has 1 fully saturated rings. The van der Waals surface area contributed by atoms with Crippen LogP contribution in [0.2, 0.25) is 0 Å². The normalized spacial score (nSPS) is 21.7. The average molecular weight is 390 g/mol. The van der Waals surface area contributed by atoms with Crippen molar-refractivity contribution in [2.45, 2.75) is 44.9 Å². The Bertz CT molecular complexity index is 784. The molecule has 3 rings (SSSR count). The highest BCUT2D eigenvalue weighted by Crippen LogP contribution is 2.39. The van der Waals surface area contributed by atoms with Crippen molar-refractivity contribution >= 4 is 11.8 Å². The molecule has 1 amide bonds. The lowest BCUT2D eigenvalue weighted by molar-refractivity contribution is 0.0190. The largest absolute Gasteiger partial charge is 0.484 e. The van der Waals surface area contributed by atoms with Crippen LogP contribution in [0.25, 0.3) is 0 Å². The summed E-state index contributed by atoms with van der Waals surface area (Å²) in [4.78, 5) is 16.3. The summed E-state index contributed by atoms with van der Waals surface area (Å²) in [7, 11) is 1.60. The second kappa shape index (κ2) is 7.88. The van der Waals surface area contributed by atoms with Crippen molar-refractivity contribution in [3.63, 3.8) is 0 Å². The molecule has 2 aliphatic heterocycles. The Balaban J connectivity index is 1.91. The molecule has 1 saturated heterocycles. The van der Waals surface area contributed by atoms with Gasteiger partial charge in [0.2, 0.25) is 0 Å². The molecule has 0 spiro atoms. The van der Waals surface area contributed by atoms with E-state index < -0.39 is 11.4 Å². The Kier molecular flexibility index (Phi) is 5.71. The smallest absolute Gasteiger partial charge is 0.410 e. The minimum absolute atomic E-state index is 0.0601. The zero-order chi connectivity index (χ0) is 20.5. The predicted molar refractivity (Wildman–Crippen MR) is 104 cm³/mol. The number of anilines is 1. The zero-order valence-corrected chi connectivity index (χ0v) is 16.8. The van der Waals surface area contributed by atoms with Gasteiger partial charge in [0.25, 0.3) is 0 Å². The lowest BCUT2D eigenvalue weighted by atomic mass is 10.0. The van der Waals surface area contributed by atoms with Gasteiger partial charge in [-0.15, -0.1) is 6.42 Å². The van der Waals surface area contributed by atoms with Gasteiger partial charge in [-0.3, -0.25) is 0 Å². The van der Waals surface area contributed by atoms with Crippen molar-refractivity contribution in [3.05, 3.63) is 23.5 Å². The molecule has 0 aromatic heterocycles.